The molecule has 20 heavy (non-hydrogen) atoms. The first kappa shape index (κ1) is 16.9. The van der Waals surface area contributed by atoms with Crippen LogP contribution in [0, 0.1) is 5.92 Å². The van der Waals surface area contributed by atoms with E-state index in [1.54, 1.807) is 6.92 Å². The Labute approximate surface area is 124 Å². The first-order valence-electron chi connectivity index (χ1n) is 8.15. The quantitative estimate of drug-likeness (QED) is 0.525. The van der Waals surface area contributed by atoms with Gasteiger partial charge in [0.15, 0.2) is 0 Å². The van der Waals surface area contributed by atoms with Gasteiger partial charge in [-0.05, 0) is 49.7 Å². The molecule has 0 amide bonds. The zero-order valence-electron chi connectivity index (χ0n) is 13.5. The fraction of sp³-hybridized carbons (Fsp3) is 0.632. The molecule has 1 rings (SSSR count). The van der Waals surface area contributed by atoms with Crippen molar-refractivity contribution in [1.82, 2.24) is 0 Å². The van der Waals surface area contributed by atoms with Crippen LogP contribution in [0.15, 0.2) is 24.3 Å². The Morgan fingerprint density at radius 1 is 0.900 bits per heavy atom. The highest BCUT2D eigenvalue weighted by molar-refractivity contribution is 5.75. The minimum absolute atomic E-state index is 0.325. The number of hydrogen-bond acceptors (Lipinski definition) is 1. The second-order valence-electron chi connectivity index (χ2n) is 6.38. The number of benzene rings is 1. The van der Waals surface area contributed by atoms with Gasteiger partial charge in [-0.3, -0.25) is 0 Å². The van der Waals surface area contributed by atoms with E-state index in [2.05, 4.69) is 38.1 Å². The van der Waals surface area contributed by atoms with Crippen LogP contribution >= 0.6 is 0 Å². The predicted molar refractivity (Wildman–Crippen MR) is 87.1 cm³/mol. The van der Waals surface area contributed by atoms with Gasteiger partial charge in [-0.2, -0.15) is 0 Å². The van der Waals surface area contributed by atoms with Crippen LogP contribution in [0.2, 0.25) is 0 Å². The molecule has 0 N–H and O–H groups in total. The summed E-state index contributed by atoms with van der Waals surface area (Å²) in [7, 11) is 0. The summed E-state index contributed by atoms with van der Waals surface area (Å²) < 4.78 is 0. The lowest BCUT2D eigenvalue weighted by molar-refractivity contribution is -0.117. The molecule has 0 saturated carbocycles. The summed E-state index contributed by atoms with van der Waals surface area (Å²) in [5, 5.41) is 0. The van der Waals surface area contributed by atoms with Crippen molar-refractivity contribution in [3.63, 3.8) is 0 Å². The Bertz CT molecular complexity index is 375. The van der Waals surface area contributed by atoms with Crippen molar-refractivity contribution in [3.05, 3.63) is 35.4 Å². The van der Waals surface area contributed by atoms with Gasteiger partial charge in [0.2, 0.25) is 0 Å². The molecule has 0 radical (unpaired) electrons. The van der Waals surface area contributed by atoms with Crippen molar-refractivity contribution in [3.8, 4) is 0 Å². The number of unbranched alkanes of at least 4 members (excludes halogenated alkanes) is 4. The maximum atomic E-state index is 10.8. The Morgan fingerprint density at radius 2 is 1.45 bits per heavy atom. The van der Waals surface area contributed by atoms with Crippen LogP contribution < -0.4 is 0 Å². The zero-order valence-corrected chi connectivity index (χ0v) is 13.5. The number of rotatable bonds is 10. The second-order valence-corrected chi connectivity index (χ2v) is 6.38. The number of aryl methyl sites for hydroxylation is 1. The van der Waals surface area contributed by atoms with Crippen molar-refractivity contribution >= 4 is 5.78 Å². The third-order valence-corrected chi connectivity index (χ3v) is 3.66. The Balaban J connectivity index is 2.11. The van der Waals surface area contributed by atoms with Gasteiger partial charge < -0.3 is 4.79 Å². The van der Waals surface area contributed by atoms with Crippen LogP contribution in [-0.2, 0) is 17.6 Å². The maximum absolute atomic E-state index is 10.8. The van der Waals surface area contributed by atoms with E-state index in [1.807, 2.05) is 0 Å². The molecule has 0 bridgehead atoms. The summed E-state index contributed by atoms with van der Waals surface area (Å²) in [6.07, 6.45) is 9.21. The van der Waals surface area contributed by atoms with Crippen LogP contribution in [-0.4, -0.2) is 5.78 Å². The molecule has 0 aliphatic heterocycles. The maximum Gasteiger partial charge on any atom is 0.129 e. The Morgan fingerprint density at radius 3 is 2.05 bits per heavy atom. The highest BCUT2D eigenvalue weighted by Crippen LogP contribution is 2.13. The predicted octanol–water partition coefficient (Wildman–Crippen LogP) is 5.36. The second kappa shape index (κ2) is 9.74. The molecule has 1 heteroatoms. The van der Waals surface area contributed by atoms with Crippen LogP contribution in [0.5, 0.6) is 0 Å². The van der Waals surface area contributed by atoms with E-state index in [0.717, 1.165) is 18.8 Å². The van der Waals surface area contributed by atoms with Gasteiger partial charge in [0.25, 0.3) is 0 Å². The molecule has 1 aromatic carbocycles. The van der Waals surface area contributed by atoms with Crippen LogP contribution in [0.3, 0.4) is 0 Å². The first-order valence-corrected chi connectivity index (χ1v) is 8.15. The largest absolute Gasteiger partial charge is 0.300 e. The third-order valence-electron chi connectivity index (χ3n) is 3.66. The number of hydrogen-bond donors (Lipinski definition) is 0. The van der Waals surface area contributed by atoms with E-state index in [4.69, 9.17) is 0 Å². The van der Waals surface area contributed by atoms with E-state index in [1.165, 1.54) is 49.7 Å². The normalized spacial score (nSPS) is 11.0. The van der Waals surface area contributed by atoms with Crippen LogP contribution in [0.25, 0.3) is 0 Å². The average Bonchev–Trinajstić information content (AvgIpc) is 2.38. The summed E-state index contributed by atoms with van der Waals surface area (Å²) in [5.41, 5.74) is 2.91. The van der Waals surface area contributed by atoms with Gasteiger partial charge in [-0.1, -0.05) is 57.4 Å². The molecule has 0 aliphatic rings. The van der Waals surface area contributed by atoms with Crippen molar-refractivity contribution in [1.29, 1.82) is 0 Å². The van der Waals surface area contributed by atoms with E-state index in [0.29, 0.717) is 5.78 Å². The summed E-state index contributed by atoms with van der Waals surface area (Å²) in [5.74, 6) is 1.06. The van der Waals surface area contributed by atoms with Crippen molar-refractivity contribution in [2.75, 3.05) is 0 Å². The monoisotopic (exact) mass is 274 g/mol. The highest BCUT2D eigenvalue weighted by atomic mass is 16.1. The molecule has 0 saturated heterocycles. The molecular weight excluding hydrogens is 244 g/mol. The van der Waals surface area contributed by atoms with Crippen molar-refractivity contribution in [2.24, 2.45) is 5.92 Å². The van der Waals surface area contributed by atoms with E-state index in [-0.39, 0.29) is 0 Å². The van der Waals surface area contributed by atoms with Gasteiger partial charge in [-0.25, -0.2) is 0 Å². The number of Topliss-reactive ketones (excluding diaryl/α,β-unsaturated/α-hetero) is 1. The molecule has 1 aromatic rings. The van der Waals surface area contributed by atoms with Gasteiger partial charge in [0.05, 0.1) is 0 Å². The molecular formula is C19H30O. The fourth-order valence-electron chi connectivity index (χ4n) is 2.55. The third kappa shape index (κ3) is 8.14. The summed E-state index contributed by atoms with van der Waals surface area (Å²) in [6.45, 7) is 6.21. The molecule has 0 aromatic heterocycles. The Hall–Kier alpha value is -1.11. The van der Waals surface area contributed by atoms with Gasteiger partial charge in [-0.15, -0.1) is 0 Å². The van der Waals surface area contributed by atoms with Crippen LogP contribution in [0.1, 0.15) is 70.4 Å². The summed E-state index contributed by atoms with van der Waals surface area (Å²) in [4.78, 5) is 10.8. The Kier molecular flexibility index (Phi) is 8.25. The summed E-state index contributed by atoms with van der Waals surface area (Å²) >= 11 is 0. The molecule has 112 valence electrons. The molecule has 0 aliphatic carbocycles. The van der Waals surface area contributed by atoms with Crippen molar-refractivity contribution in [2.45, 2.75) is 72.1 Å². The lowest BCUT2D eigenvalue weighted by Crippen LogP contribution is -1.94. The van der Waals surface area contributed by atoms with Crippen molar-refractivity contribution < 1.29 is 4.79 Å². The average molecular weight is 274 g/mol. The van der Waals surface area contributed by atoms with E-state index < -0.39 is 0 Å². The van der Waals surface area contributed by atoms with Crippen LogP contribution in [0.4, 0.5) is 0 Å². The number of carbonyl (C=O) groups is 1. The minimum atomic E-state index is 0.325. The molecule has 1 nitrogen and oxygen atoms in total. The SMILES string of the molecule is CC(=O)CCCCCCCc1ccc(CC(C)C)cc1. The molecule has 0 atom stereocenters. The van der Waals surface area contributed by atoms with Gasteiger partial charge in [0.1, 0.15) is 5.78 Å². The number of carbonyl (C=O) groups excluding carboxylic acids is 1. The molecule has 0 heterocycles. The standard InChI is InChI=1S/C19H30O/c1-16(2)15-19-13-11-18(12-14-19)10-8-6-4-5-7-9-17(3)20/h11-14,16H,4-10,15H2,1-3H3. The lowest BCUT2D eigenvalue weighted by atomic mass is 9.99. The van der Waals surface area contributed by atoms with Gasteiger partial charge in [0, 0.05) is 6.42 Å². The molecule has 0 fully saturated rings. The first-order chi connectivity index (χ1) is 9.58. The molecule has 0 unspecified atom stereocenters. The van der Waals surface area contributed by atoms with E-state index in [9.17, 15) is 4.79 Å². The zero-order chi connectivity index (χ0) is 14.8. The topological polar surface area (TPSA) is 17.1 Å². The van der Waals surface area contributed by atoms with E-state index >= 15 is 0 Å². The lowest BCUT2D eigenvalue weighted by Gasteiger charge is -2.06. The minimum Gasteiger partial charge on any atom is -0.300 e. The fourth-order valence-corrected chi connectivity index (χ4v) is 2.55. The highest BCUT2D eigenvalue weighted by Gasteiger charge is 1.99. The number of ketones is 1. The molecule has 0 spiro atoms. The smallest absolute Gasteiger partial charge is 0.129 e. The summed E-state index contributed by atoms with van der Waals surface area (Å²) in [6, 6.07) is 9.13. The van der Waals surface area contributed by atoms with Gasteiger partial charge >= 0.3 is 0 Å².